The molecular weight excluding hydrogens is 314 g/mol. The van der Waals surface area contributed by atoms with E-state index < -0.39 is 0 Å². The lowest BCUT2D eigenvalue weighted by Gasteiger charge is -2.23. The van der Waals surface area contributed by atoms with E-state index in [1.165, 1.54) is 17.4 Å². The molecule has 3 nitrogen and oxygen atoms in total. The summed E-state index contributed by atoms with van der Waals surface area (Å²) in [6.45, 7) is 2.16. The van der Waals surface area contributed by atoms with Gasteiger partial charge >= 0.3 is 0 Å². The molecule has 1 aliphatic heterocycles. The van der Waals surface area contributed by atoms with Crippen LogP contribution in [0.3, 0.4) is 0 Å². The van der Waals surface area contributed by atoms with Gasteiger partial charge in [-0.15, -0.1) is 0 Å². The Morgan fingerprint density at radius 2 is 2.15 bits per heavy atom. The van der Waals surface area contributed by atoms with Crippen LogP contribution in [0, 0.1) is 0 Å². The highest BCUT2D eigenvalue weighted by Crippen LogP contribution is 2.28. The van der Waals surface area contributed by atoms with Crippen molar-refractivity contribution in [2.45, 2.75) is 17.8 Å². The number of alkyl halides is 1. The Bertz CT molecular complexity index is 612. The number of halogens is 1. The van der Waals surface area contributed by atoms with Crippen LogP contribution < -0.4 is 4.90 Å². The van der Waals surface area contributed by atoms with Gasteiger partial charge < -0.3 is 9.80 Å². The second kappa shape index (κ2) is 5.70. The topological polar surface area (TPSA) is 19.4 Å². The average molecular weight is 334 g/mol. The van der Waals surface area contributed by atoms with Crippen molar-refractivity contribution in [3.8, 4) is 0 Å². The number of aromatic nitrogens is 1. The van der Waals surface area contributed by atoms with E-state index in [1.807, 2.05) is 0 Å². The number of hydrogen-bond donors (Lipinski definition) is 0. The van der Waals surface area contributed by atoms with Crippen LogP contribution in [-0.2, 0) is 5.33 Å². The third-order valence-electron chi connectivity index (χ3n) is 4.12. The van der Waals surface area contributed by atoms with E-state index in [-0.39, 0.29) is 0 Å². The van der Waals surface area contributed by atoms with Crippen LogP contribution in [0.25, 0.3) is 10.9 Å². The van der Waals surface area contributed by atoms with Gasteiger partial charge in [0.25, 0.3) is 0 Å². The maximum absolute atomic E-state index is 4.90. The highest BCUT2D eigenvalue weighted by Gasteiger charge is 2.26. The zero-order valence-corrected chi connectivity index (χ0v) is 13.6. The van der Waals surface area contributed by atoms with Crippen molar-refractivity contribution in [1.29, 1.82) is 0 Å². The van der Waals surface area contributed by atoms with Gasteiger partial charge in [0.2, 0.25) is 0 Å². The average Bonchev–Trinajstić information content (AvgIpc) is 2.95. The number of para-hydroxylation sites is 1. The molecule has 2 aromatic rings. The molecule has 1 aromatic heterocycles. The molecule has 1 fully saturated rings. The smallest absolute Gasteiger partial charge is 0.133 e. The molecule has 0 radical (unpaired) electrons. The third kappa shape index (κ3) is 2.54. The number of nitrogens with zero attached hydrogens (tertiary/aromatic N) is 3. The number of benzene rings is 1. The highest BCUT2D eigenvalue weighted by molar-refractivity contribution is 9.08. The molecule has 20 heavy (non-hydrogen) atoms. The molecule has 2 heterocycles. The molecule has 0 N–H and O–H groups in total. The molecule has 1 saturated heterocycles. The summed E-state index contributed by atoms with van der Waals surface area (Å²) >= 11 is 3.61. The SMILES string of the molecule is CN(C)C1CCN(c2nc3ccccc3cc2CBr)C1. The fraction of sp³-hybridized carbons (Fsp3) is 0.438. The molecule has 0 amide bonds. The van der Waals surface area contributed by atoms with Gasteiger partial charge in [-0.25, -0.2) is 4.98 Å². The van der Waals surface area contributed by atoms with Crippen LogP contribution in [0.5, 0.6) is 0 Å². The van der Waals surface area contributed by atoms with E-state index >= 15 is 0 Å². The van der Waals surface area contributed by atoms with Crippen LogP contribution in [0.4, 0.5) is 5.82 Å². The van der Waals surface area contributed by atoms with Gasteiger partial charge in [-0.05, 0) is 32.6 Å². The molecule has 3 rings (SSSR count). The minimum absolute atomic E-state index is 0.631. The molecule has 0 saturated carbocycles. The Kier molecular flexibility index (Phi) is 3.94. The highest BCUT2D eigenvalue weighted by atomic mass is 79.9. The predicted octanol–water partition coefficient (Wildman–Crippen LogP) is 3.27. The Labute approximate surface area is 128 Å². The Balaban J connectivity index is 1.98. The van der Waals surface area contributed by atoms with E-state index in [0.717, 1.165) is 29.8 Å². The summed E-state index contributed by atoms with van der Waals surface area (Å²) in [5.41, 5.74) is 2.36. The van der Waals surface area contributed by atoms with Crippen LogP contribution in [0.2, 0.25) is 0 Å². The Morgan fingerprint density at radius 3 is 2.85 bits per heavy atom. The lowest BCUT2D eigenvalue weighted by molar-refractivity contribution is 0.315. The van der Waals surface area contributed by atoms with E-state index in [1.54, 1.807) is 0 Å². The summed E-state index contributed by atoms with van der Waals surface area (Å²) in [7, 11) is 4.32. The first-order valence-electron chi connectivity index (χ1n) is 7.05. The largest absolute Gasteiger partial charge is 0.355 e. The molecule has 4 heteroatoms. The van der Waals surface area contributed by atoms with Gasteiger partial charge in [0.05, 0.1) is 5.52 Å². The van der Waals surface area contributed by atoms with Crippen molar-refractivity contribution in [3.05, 3.63) is 35.9 Å². The van der Waals surface area contributed by atoms with Gasteiger partial charge in [0.1, 0.15) is 5.82 Å². The van der Waals surface area contributed by atoms with E-state index in [4.69, 9.17) is 4.98 Å². The molecule has 0 bridgehead atoms. The summed E-state index contributed by atoms with van der Waals surface area (Å²) in [5, 5.41) is 2.07. The summed E-state index contributed by atoms with van der Waals surface area (Å²) in [4.78, 5) is 9.64. The maximum atomic E-state index is 4.90. The lowest BCUT2D eigenvalue weighted by atomic mass is 10.1. The van der Waals surface area contributed by atoms with E-state index in [2.05, 4.69) is 70.2 Å². The lowest BCUT2D eigenvalue weighted by Crippen LogP contribution is -2.32. The minimum atomic E-state index is 0.631. The third-order valence-corrected chi connectivity index (χ3v) is 4.72. The standard InChI is InChI=1S/C16H20BrN3/c1-19(2)14-7-8-20(11-14)16-13(10-17)9-12-5-3-4-6-15(12)18-16/h3-6,9,14H,7-8,10-11H2,1-2H3. The molecule has 0 aliphatic carbocycles. The zero-order valence-electron chi connectivity index (χ0n) is 12.0. The molecule has 0 spiro atoms. The van der Waals surface area contributed by atoms with Crippen molar-refractivity contribution < 1.29 is 0 Å². The number of rotatable bonds is 3. The Hall–Kier alpha value is -1.13. The fourth-order valence-corrected chi connectivity index (χ4v) is 3.29. The maximum Gasteiger partial charge on any atom is 0.133 e. The first-order chi connectivity index (χ1) is 9.69. The molecule has 1 aromatic carbocycles. The second-order valence-electron chi connectivity index (χ2n) is 5.65. The van der Waals surface area contributed by atoms with Crippen LogP contribution in [0.15, 0.2) is 30.3 Å². The van der Waals surface area contributed by atoms with Gasteiger partial charge in [-0.3, -0.25) is 0 Å². The van der Waals surface area contributed by atoms with Crippen molar-refractivity contribution in [2.24, 2.45) is 0 Å². The van der Waals surface area contributed by atoms with Gasteiger partial charge in [0.15, 0.2) is 0 Å². The van der Waals surface area contributed by atoms with Gasteiger partial charge in [0, 0.05) is 35.4 Å². The quantitative estimate of drug-likeness (QED) is 0.803. The minimum Gasteiger partial charge on any atom is -0.355 e. The normalized spacial score (nSPS) is 19.2. The van der Waals surface area contributed by atoms with Gasteiger partial charge in [-0.2, -0.15) is 0 Å². The number of likely N-dealkylation sites (N-methyl/N-ethyl adjacent to an activating group) is 1. The fourth-order valence-electron chi connectivity index (χ4n) is 2.88. The van der Waals surface area contributed by atoms with Crippen LogP contribution >= 0.6 is 15.9 Å². The van der Waals surface area contributed by atoms with Crippen molar-refractivity contribution in [1.82, 2.24) is 9.88 Å². The van der Waals surface area contributed by atoms with Crippen molar-refractivity contribution in [2.75, 3.05) is 32.1 Å². The number of hydrogen-bond acceptors (Lipinski definition) is 3. The number of anilines is 1. The first-order valence-corrected chi connectivity index (χ1v) is 8.17. The predicted molar refractivity (Wildman–Crippen MR) is 88.7 cm³/mol. The van der Waals surface area contributed by atoms with Crippen LogP contribution in [-0.4, -0.2) is 43.1 Å². The van der Waals surface area contributed by atoms with Gasteiger partial charge in [-0.1, -0.05) is 34.1 Å². The monoisotopic (exact) mass is 333 g/mol. The summed E-state index contributed by atoms with van der Waals surface area (Å²) < 4.78 is 0. The zero-order chi connectivity index (χ0) is 14.1. The molecule has 1 unspecified atom stereocenters. The molecule has 1 atom stereocenters. The Morgan fingerprint density at radius 1 is 1.35 bits per heavy atom. The molecular formula is C16H20BrN3. The molecule has 106 valence electrons. The van der Waals surface area contributed by atoms with Crippen molar-refractivity contribution >= 4 is 32.7 Å². The van der Waals surface area contributed by atoms with Crippen LogP contribution in [0.1, 0.15) is 12.0 Å². The number of pyridine rings is 1. The van der Waals surface area contributed by atoms with Crippen molar-refractivity contribution in [3.63, 3.8) is 0 Å². The second-order valence-corrected chi connectivity index (χ2v) is 6.21. The first kappa shape index (κ1) is 13.8. The summed E-state index contributed by atoms with van der Waals surface area (Å²) in [6.07, 6.45) is 1.21. The summed E-state index contributed by atoms with van der Waals surface area (Å²) in [5.74, 6) is 1.14. The van der Waals surface area contributed by atoms with E-state index in [0.29, 0.717) is 6.04 Å². The molecule has 1 aliphatic rings. The number of fused-ring (bicyclic) bond motifs is 1. The summed E-state index contributed by atoms with van der Waals surface area (Å²) in [6, 6.07) is 11.2. The van der Waals surface area contributed by atoms with E-state index in [9.17, 15) is 0 Å².